The second-order valence-corrected chi connectivity index (χ2v) is 7.52. The van der Waals surface area contributed by atoms with Crippen LogP contribution in [0.1, 0.15) is 24.5 Å². The number of aliphatic hydroxyl groups is 1. The molecule has 4 rings (SSSR count). The number of anilines is 1. The second-order valence-electron chi connectivity index (χ2n) is 7.52. The van der Waals surface area contributed by atoms with Crippen molar-refractivity contribution < 1.29 is 24.6 Å². The van der Waals surface area contributed by atoms with Crippen LogP contribution in [0, 0.1) is 5.92 Å². The quantitative estimate of drug-likeness (QED) is 0.627. The van der Waals surface area contributed by atoms with Crippen molar-refractivity contribution in [1.82, 2.24) is 9.88 Å². The maximum absolute atomic E-state index is 12.3. The van der Waals surface area contributed by atoms with E-state index in [9.17, 15) is 24.6 Å². The van der Waals surface area contributed by atoms with Crippen LogP contribution in [0.15, 0.2) is 54.4 Å². The van der Waals surface area contributed by atoms with Gasteiger partial charge in [-0.3, -0.25) is 9.59 Å². The summed E-state index contributed by atoms with van der Waals surface area (Å²) >= 11 is 0. The third-order valence-electron chi connectivity index (χ3n) is 5.53. The lowest BCUT2D eigenvalue weighted by Gasteiger charge is -2.44. The topological polar surface area (TPSA) is 120 Å². The van der Waals surface area contributed by atoms with Crippen molar-refractivity contribution in [3.05, 3.63) is 65.5 Å². The Morgan fingerprint density at radius 2 is 1.97 bits per heavy atom. The molecule has 2 aliphatic rings. The Hall–Kier alpha value is -3.52. The number of rotatable bonds is 6. The van der Waals surface area contributed by atoms with E-state index in [2.05, 4.69) is 10.3 Å². The summed E-state index contributed by atoms with van der Waals surface area (Å²) < 4.78 is 0. The molecule has 3 atom stereocenters. The Labute approximate surface area is 172 Å². The summed E-state index contributed by atoms with van der Waals surface area (Å²) in [5.74, 6) is -1.83. The molecule has 1 aromatic carbocycles. The van der Waals surface area contributed by atoms with Crippen LogP contribution in [0.25, 0.3) is 5.57 Å². The molecule has 0 radical (unpaired) electrons. The van der Waals surface area contributed by atoms with Crippen LogP contribution in [0.3, 0.4) is 0 Å². The predicted molar refractivity (Wildman–Crippen MR) is 108 cm³/mol. The molecule has 0 saturated carbocycles. The molecule has 3 heterocycles. The Bertz CT molecular complexity index is 1030. The van der Waals surface area contributed by atoms with E-state index in [4.69, 9.17) is 0 Å². The standard InChI is InChI=1S/C22H21N3O5/c1-12(26)19-16-11-15(20(22(29)30)25(16)21(19)28)14-7-5-13(6-8-14)10-18(27)24-17-4-2-3-9-23-17/h2-9,12,16,19,26H,10-11H2,1H3,(H,29,30)(H,23,24,27)/t12-,16-,19-/m1/s1. The molecule has 8 heteroatoms. The first kappa shape index (κ1) is 19.8. The highest BCUT2D eigenvalue weighted by molar-refractivity contribution is 6.06. The Kier molecular flexibility index (Phi) is 5.09. The number of fused-ring (bicyclic) bond motifs is 1. The van der Waals surface area contributed by atoms with Crippen LogP contribution in [0.5, 0.6) is 0 Å². The van der Waals surface area contributed by atoms with E-state index < -0.39 is 18.0 Å². The zero-order chi connectivity index (χ0) is 21.4. The van der Waals surface area contributed by atoms with Gasteiger partial charge in [-0.1, -0.05) is 30.3 Å². The van der Waals surface area contributed by atoms with Gasteiger partial charge in [-0.05, 0) is 42.2 Å². The number of pyridine rings is 1. The number of carboxylic acids is 1. The minimum Gasteiger partial charge on any atom is -0.477 e. The first-order valence-corrected chi connectivity index (χ1v) is 9.64. The number of amides is 2. The van der Waals surface area contributed by atoms with E-state index in [0.717, 1.165) is 5.56 Å². The monoisotopic (exact) mass is 407 g/mol. The summed E-state index contributed by atoms with van der Waals surface area (Å²) in [6, 6.07) is 12.0. The smallest absolute Gasteiger partial charge is 0.352 e. The average Bonchev–Trinajstić information content (AvgIpc) is 3.04. The third-order valence-corrected chi connectivity index (χ3v) is 5.53. The number of hydrogen-bond donors (Lipinski definition) is 3. The van der Waals surface area contributed by atoms with Gasteiger partial charge in [-0.15, -0.1) is 0 Å². The number of hydrogen-bond acceptors (Lipinski definition) is 5. The number of carbonyl (C=O) groups is 3. The van der Waals surface area contributed by atoms with Gasteiger partial charge >= 0.3 is 5.97 Å². The molecule has 1 fully saturated rings. The van der Waals surface area contributed by atoms with Crippen LogP contribution in [0.2, 0.25) is 0 Å². The molecule has 2 aliphatic heterocycles. The first-order chi connectivity index (χ1) is 14.4. The fourth-order valence-electron chi connectivity index (χ4n) is 4.16. The van der Waals surface area contributed by atoms with Crippen molar-refractivity contribution in [2.75, 3.05) is 5.32 Å². The van der Waals surface area contributed by atoms with Crippen molar-refractivity contribution in [3.8, 4) is 0 Å². The molecular weight excluding hydrogens is 386 g/mol. The lowest BCUT2D eigenvalue weighted by molar-refractivity contribution is -0.161. The van der Waals surface area contributed by atoms with Gasteiger partial charge in [0.2, 0.25) is 11.8 Å². The van der Waals surface area contributed by atoms with Crippen molar-refractivity contribution >= 4 is 29.2 Å². The van der Waals surface area contributed by atoms with Crippen molar-refractivity contribution in [2.24, 2.45) is 5.92 Å². The molecule has 0 unspecified atom stereocenters. The molecule has 0 bridgehead atoms. The highest BCUT2D eigenvalue weighted by Gasteiger charge is 2.56. The molecule has 154 valence electrons. The molecule has 0 aliphatic carbocycles. The highest BCUT2D eigenvalue weighted by atomic mass is 16.4. The van der Waals surface area contributed by atoms with E-state index >= 15 is 0 Å². The SMILES string of the molecule is C[C@@H](O)[C@H]1C(=O)N2C(C(=O)O)=C(c3ccc(CC(=O)Nc4ccccn4)cc3)C[C@H]12. The number of aliphatic hydroxyl groups excluding tert-OH is 1. The lowest BCUT2D eigenvalue weighted by atomic mass is 9.82. The van der Waals surface area contributed by atoms with Crippen LogP contribution in [0.4, 0.5) is 5.82 Å². The Balaban J connectivity index is 1.50. The molecule has 1 aromatic heterocycles. The predicted octanol–water partition coefficient (Wildman–Crippen LogP) is 1.67. The first-order valence-electron chi connectivity index (χ1n) is 9.64. The maximum atomic E-state index is 12.3. The normalized spacial score (nSPS) is 21.1. The minimum absolute atomic E-state index is 0.0254. The average molecular weight is 407 g/mol. The number of aliphatic carboxylic acids is 1. The van der Waals surface area contributed by atoms with Gasteiger partial charge in [0.25, 0.3) is 0 Å². The van der Waals surface area contributed by atoms with Gasteiger partial charge in [-0.25, -0.2) is 9.78 Å². The number of β-lactam (4-membered cyclic amide) rings is 1. The fourth-order valence-corrected chi connectivity index (χ4v) is 4.16. The van der Waals surface area contributed by atoms with E-state index in [0.29, 0.717) is 23.4 Å². The van der Waals surface area contributed by atoms with Crippen LogP contribution < -0.4 is 5.32 Å². The number of nitrogens with one attached hydrogen (secondary N) is 1. The lowest BCUT2D eigenvalue weighted by Crippen LogP contribution is -2.61. The van der Waals surface area contributed by atoms with Gasteiger partial charge in [-0.2, -0.15) is 0 Å². The van der Waals surface area contributed by atoms with Gasteiger partial charge in [0.05, 0.1) is 24.5 Å². The van der Waals surface area contributed by atoms with Crippen LogP contribution in [-0.4, -0.2) is 50.0 Å². The van der Waals surface area contributed by atoms with Crippen molar-refractivity contribution in [3.63, 3.8) is 0 Å². The Morgan fingerprint density at radius 1 is 1.23 bits per heavy atom. The summed E-state index contributed by atoms with van der Waals surface area (Å²) in [5, 5.41) is 22.2. The summed E-state index contributed by atoms with van der Waals surface area (Å²) in [5.41, 5.74) is 1.99. The summed E-state index contributed by atoms with van der Waals surface area (Å²) in [6.07, 6.45) is 1.30. The highest BCUT2D eigenvalue weighted by Crippen LogP contribution is 2.46. The van der Waals surface area contributed by atoms with E-state index in [-0.39, 0.29) is 30.0 Å². The van der Waals surface area contributed by atoms with E-state index in [1.165, 1.54) is 4.90 Å². The maximum Gasteiger partial charge on any atom is 0.352 e. The molecule has 0 spiro atoms. The van der Waals surface area contributed by atoms with Crippen molar-refractivity contribution in [2.45, 2.75) is 31.9 Å². The number of nitrogens with zero attached hydrogens (tertiary/aromatic N) is 2. The molecule has 3 N–H and O–H groups in total. The molecule has 30 heavy (non-hydrogen) atoms. The van der Waals surface area contributed by atoms with E-state index in [1.807, 2.05) is 0 Å². The molecule has 1 saturated heterocycles. The third kappa shape index (κ3) is 3.46. The van der Waals surface area contributed by atoms with E-state index in [1.54, 1.807) is 55.6 Å². The summed E-state index contributed by atoms with van der Waals surface area (Å²) in [6.45, 7) is 1.54. The molecular formula is C22H21N3O5. The Morgan fingerprint density at radius 3 is 2.57 bits per heavy atom. The van der Waals surface area contributed by atoms with Crippen LogP contribution >= 0.6 is 0 Å². The van der Waals surface area contributed by atoms with Crippen molar-refractivity contribution in [1.29, 1.82) is 0 Å². The largest absolute Gasteiger partial charge is 0.477 e. The number of carboxylic acid groups (broad SMARTS) is 1. The molecule has 8 nitrogen and oxygen atoms in total. The number of carbonyl (C=O) groups excluding carboxylic acids is 2. The van der Waals surface area contributed by atoms with Gasteiger partial charge in [0, 0.05) is 6.20 Å². The number of aromatic nitrogens is 1. The molecule has 2 aromatic rings. The fraction of sp³-hybridized carbons (Fsp3) is 0.273. The van der Waals surface area contributed by atoms with Gasteiger partial charge < -0.3 is 20.4 Å². The van der Waals surface area contributed by atoms with Gasteiger partial charge in [0.1, 0.15) is 11.5 Å². The second kappa shape index (κ2) is 7.72. The minimum atomic E-state index is -1.16. The summed E-state index contributed by atoms with van der Waals surface area (Å²) in [7, 11) is 0. The number of benzene rings is 1. The zero-order valence-corrected chi connectivity index (χ0v) is 16.3. The molecule has 2 amide bonds. The van der Waals surface area contributed by atoms with Crippen LogP contribution in [-0.2, 0) is 20.8 Å². The summed E-state index contributed by atoms with van der Waals surface area (Å²) in [4.78, 5) is 41.7. The zero-order valence-electron chi connectivity index (χ0n) is 16.3. The van der Waals surface area contributed by atoms with Gasteiger partial charge in [0.15, 0.2) is 0 Å².